The van der Waals surface area contributed by atoms with Crippen LogP contribution < -0.4 is 5.32 Å². The summed E-state index contributed by atoms with van der Waals surface area (Å²) in [6.45, 7) is 4.92. The van der Waals surface area contributed by atoms with E-state index in [4.69, 9.17) is 9.05 Å². The molecule has 0 aromatic carbocycles. The molecule has 468 valence electrons. The lowest BCUT2D eigenvalue weighted by Crippen LogP contribution is -2.46. The molecule has 1 amide bonds. The number of allylic oxidation sites excluding steroid dienone is 6. The van der Waals surface area contributed by atoms with Gasteiger partial charge in [0.15, 0.2) is 0 Å². The van der Waals surface area contributed by atoms with Crippen LogP contribution in [0.2, 0.25) is 0 Å². The molecule has 0 bridgehead atoms. The SMILES string of the molecule is CCCCCCC/C=C\C/C=C\C/C=C\CCCCCCCCCCCCC(=O)NC(COP(=O)(O)OCC[N+](C)(C)C)C(O)CCCCCCCCCCCCCCCCCCCCCCCCCCCCCCCCCC. The van der Waals surface area contributed by atoms with Crippen molar-refractivity contribution in [3.8, 4) is 0 Å². The van der Waals surface area contributed by atoms with Crippen molar-refractivity contribution in [2.24, 2.45) is 0 Å². The number of aliphatic hydroxyl groups excluding tert-OH is 1. The van der Waals surface area contributed by atoms with E-state index in [1.54, 1.807) is 0 Å². The average molecular weight is 1130 g/mol. The van der Waals surface area contributed by atoms with Gasteiger partial charge in [-0.15, -0.1) is 0 Å². The predicted molar refractivity (Wildman–Crippen MR) is 346 cm³/mol. The molecule has 0 rings (SSSR count). The fraction of sp³-hybridized carbons (Fsp3) is 0.900. The zero-order valence-electron chi connectivity index (χ0n) is 53.6. The number of quaternary nitrogens is 1. The van der Waals surface area contributed by atoms with E-state index in [1.165, 1.54) is 276 Å². The highest BCUT2D eigenvalue weighted by atomic mass is 31.2. The summed E-state index contributed by atoms with van der Waals surface area (Å²) >= 11 is 0. The van der Waals surface area contributed by atoms with Crippen molar-refractivity contribution in [1.29, 1.82) is 0 Å². The molecule has 0 saturated heterocycles. The van der Waals surface area contributed by atoms with Gasteiger partial charge < -0.3 is 19.8 Å². The van der Waals surface area contributed by atoms with Crippen molar-refractivity contribution in [1.82, 2.24) is 5.32 Å². The fourth-order valence-corrected chi connectivity index (χ4v) is 11.4. The van der Waals surface area contributed by atoms with E-state index in [9.17, 15) is 19.4 Å². The smallest absolute Gasteiger partial charge is 0.391 e. The lowest BCUT2D eigenvalue weighted by molar-refractivity contribution is -0.870. The van der Waals surface area contributed by atoms with Gasteiger partial charge in [0, 0.05) is 6.42 Å². The number of unbranched alkanes of at least 4 members (excludes halogenated alkanes) is 46. The lowest BCUT2D eigenvalue weighted by Gasteiger charge is -2.26. The molecular formula is C70H138N2O6P+. The van der Waals surface area contributed by atoms with Crippen molar-refractivity contribution in [2.45, 2.75) is 366 Å². The molecule has 0 radical (unpaired) electrons. The minimum absolute atomic E-state index is 0.0744. The summed E-state index contributed by atoms with van der Waals surface area (Å²) in [5.41, 5.74) is 0. The van der Waals surface area contributed by atoms with Gasteiger partial charge in [-0.3, -0.25) is 13.8 Å². The monoisotopic (exact) mass is 1130 g/mol. The zero-order chi connectivity index (χ0) is 57.7. The Kier molecular flexibility index (Phi) is 60.3. The number of rotatable bonds is 65. The van der Waals surface area contributed by atoms with Gasteiger partial charge in [0.1, 0.15) is 13.2 Å². The van der Waals surface area contributed by atoms with E-state index in [2.05, 4.69) is 55.6 Å². The minimum atomic E-state index is -4.33. The molecule has 0 saturated carbocycles. The maximum atomic E-state index is 13.1. The van der Waals surface area contributed by atoms with Crippen LogP contribution in [0.3, 0.4) is 0 Å². The van der Waals surface area contributed by atoms with Crippen molar-refractivity contribution >= 4 is 13.7 Å². The number of aliphatic hydroxyl groups is 1. The standard InChI is InChI=1S/C70H137N2O6P/c1-6-8-10-12-14-16-18-20-22-24-26-28-30-32-33-34-35-36-37-38-40-41-43-45-47-49-51-53-55-57-59-61-63-69(73)68(67-78-79(75,76)77-66-65-72(3,4)5)71-70(74)64-62-60-58-56-54-52-50-48-46-44-42-39-31-29-27-25-23-21-19-17-15-13-11-9-7-2/h19,21,25,27,31,39,68-69,73H,6-18,20,22-24,26,28-30,32-38,40-67H2,1-5H3,(H-,71,74,75,76)/p+1/b21-19-,27-25-,39-31-. The average Bonchev–Trinajstić information content (AvgIpc) is 3.42. The molecule has 0 fully saturated rings. The Hall–Kier alpha value is -1.28. The molecule has 0 heterocycles. The van der Waals surface area contributed by atoms with Crippen LogP contribution in [0.1, 0.15) is 354 Å². The summed E-state index contributed by atoms with van der Waals surface area (Å²) in [7, 11) is 1.62. The van der Waals surface area contributed by atoms with Crippen molar-refractivity contribution in [2.75, 3.05) is 40.9 Å². The van der Waals surface area contributed by atoms with Crippen LogP contribution in [-0.4, -0.2) is 73.4 Å². The summed E-state index contributed by atoms with van der Waals surface area (Å²) < 4.78 is 23.9. The molecule has 79 heavy (non-hydrogen) atoms. The van der Waals surface area contributed by atoms with E-state index in [0.29, 0.717) is 23.9 Å². The molecule has 3 atom stereocenters. The van der Waals surface area contributed by atoms with Crippen LogP contribution in [0.25, 0.3) is 0 Å². The van der Waals surface area contributed by atoms with Gasteiger partial charge in [-0.25, -0.2) is 4.57 Å². The zero-order valence-corrected chi connectivity index (χ0v) is 54.5. The van der Waals surface area contributed by atoms with Crippen LogP contribution in [0, 0.1) is 0 Å². The Morgan fingerprint density at radius 2 is 0.722 bits per heavy atom. The topological polar surface area (TPSA) is 105 Å². The number of carbonyl (C=O) groups excluding carboxylic acids is 1. The molecule has 0 aromatic heterocycles. The van der Waals surface area contributed by atoms with Crippen LogP contribution in [0.5, 0.6) is 0 Å². The quantitative estimate of drug-likeness (QED) is 0.0243. The molecule has 3 unspecified atom stereocenters. The van der Waals surface area contributed by atoms with Crippen LogP contribution >= 0.6 is 7.82 Å². The lowest BCUT2D eigenvalue weighted by atomic mass is 10.0. The molecule has 0 aliphatic carbocycles. The number of likely N-dealkylation sites (N-methyl/N-ethyl adjacent to an activating group) is 1. The molecule has 8 nitrogen and oxygen atoms in total. The number of nitrogens with one attached hydrogen (secondary N) is 1. The van der Waals surface area contributed by atoms with E-state index < -0.39 is 20.0 Å². The molecule has 0 aliphatic rings. The highest BCUT2D eigenvalue weighted by Gasteiger charge is 2.28. The number of phosphoric ester groups is 1. The second-order valence-electron chi connectivity index (χ2n) is 25.3. The van der Waals surface area contributed by atoms with Gasteiger partial charge in [-0.05, 0) is 51.4 Å². The fourth-order valence-electron chi connectivity index (χ4n) is 10.7. The van der Waals surface area contributed by atoms with E-state index in [-0.39, 0.29) is 19.1 Å². The number of hydrogen-bond acceptors (Lipinski definition) is 5. The second-order valence-corrected chi connectivity index (χ2v) is 26.7. The molecular weight excluding hydrogens is 996 g/mol. The minimum Gasteiger partial charge on any atom is -0.391 e. The maximum absolute atomic E-state index is 13.1. The number of amides is 1. The Morgan fingerprint density at radius 1 is 0.430 bits per heavy atom. The predicted octanol–water partition coefficient (Wildman–Crippen LogP) is 22.1. The van der Waals surface area contributed by atoms with E-state index >= 15 is 0 Å². The number of hydrogen-bond donors (Lipinski definition) is 3. The van der Waals surface area contributed by atoms with E-state index in [1.807, 2.05) is 21.1 Å². The summed E-state index contributed by atoms with van der Waals surface area (Å²) in [5, 5.41) is 14.1. The number of phosphoric acid groups is 1. The summed E-state index contributed by atoms with van der Waals surface area (Å²) in [4.78, 5) is 23.4. The molecule has 0 spiro atoms. The Balaban J connectivity index is 4.02. The molecule has 0 aromatic rings. The summed E-state index contributed by atoms with van der Waals surface area (Å²) in [6.07, 6.45) is 81.0. The third kappa shape index (κ3) is 64.1. The first kappa shape index (κ1) is 77.7. The van der Waals surface area contributed by atoms with Crippen LogP contribution in [0.4, 0.5) is 0 Å². The molecule has 9 heteroatoms. The third-order valence-electron chi connectivity index (χ3n) is 16.1. The van der Waals surface area contributed by atoms with E-state index in [0.717, 1.165) is 51.4 Å². The first-order valence-electron chi connectivity index (χ1n) is 34.9. The Morgan fingerprint density at radius 3 is 1.05 bits per heavy atom. The third-order valence-corrected chi connectivity index (χ3v) is 17.1. The van der Waals surface area contributed by atoms with Crippen molar-refractivity contribution < 1.29 is 32.9 Å². The normalized spacial score (nSPS) is 13.9. The van der Waals surface area contributed by atoms with Crippen molar-refractivity contribution in [3.05, 3.63) is 36.5 Å². The summed E-state index contributed by atoms with van der Waals surface area (Å²) in [6, 6.07) is -0.765. The Bertz CT molecular complexity index is 1380. The van der Waals surface area contributed by atoms with Crippen molar-refractivity contribution in [3.63, 3.8) is 0 Å². The first-order valence-corrected chi connectivity index (χ1v) is 36.3. The number of nitrogens with zero attached hydrogens (tertiary/aromatic N) is 1. The highest BCUT2D eigenvalue weighted by Crippen LogP contribution is 2.43. The Labute approximate surface area is 493 Å². The van der Waals surface area contributed by atoms with Crippen LogP contribution in [-0.2, 0) is 18.4 Å². The van der Waals surface area contributed by atoms with Gasteiger partial charge in [-0.1, -0.05) is 333 Å². The van der Waals surface area contributed by atoms with Gasteiger partial charge >= 0.3 is 7.82 Å². The first-order chi connectivity index (χ1) is 38.5. The largest absolute Gasteiger partial charge is 0.472 e. The van der Waals surface area contributed by atoms with Gasteiger partial charge in [-0.2, -0.15) is 0 Å². The summed E-state index contributed by atoms with van der Waals surface area (Å²) in [5.74, 6) is -0.143. The second kappa shape index (κ2) is 61.3. The van der Waals surface area contributed by atoms with Crippen LogP contribution in [0.15, 0.2) is 36.5 Å². The van der Waals surface area contributed by atoms with Gasteiger partial charge in [0.05, 0.1) is 39.9 Å². The molecule has 0 aliphatic heterocycles. The number of carbonyl (C=O) groups is 1. The highest BCUT2D eigenvalue weighted by molar-refractivity contribution is 7.47. The molecule has 3 N–H and O–H groups in total. The maximum Gasteiger partial charge on any atom is 0.472 e. The van der Waals surface area contributed by atoms with Gasteiger partial charge in [0.2, 0.25) is 5.91 Å². The van der Waals surface area contributed by atoms with Gasteiger partial charge in [0.25, 0.3) is 0 Å².